The maximum atomic E-state index is 13.6. The number of rotatable bonds is 10. The third-order valence-electron chi connectivity index (χ3n) is 4.94. The van der Waals surface area contributed by atoms with Gasteiger partial charge in [0.05, 0.1) is 21.3 Å². The summed E-state index contributed by atoms with van der Waals surface area (Å²) in [5.74, 6) is 1.10. The quantitative estimate of drug-likeness (QED) is 0.324. The molecule has 1 N–H and O–H groups in total. The first-order valence-electron chi connectivity index (χ1n) is 10.3. The van der Waals surface area contributed by atoms with Crippen LogP contribution in [0.25, 0.3) is 17.0 Å². The molecule has 0 amide bonds. The molecule has 35 heavy (non-hydrogen) atoms. The third-order valence-corrected chi connectivity index (χ3v) is 6.42. The van der Waals surface area contributed by atoms with Crippen LogP contribution >= 0.6 is 0 Å². The second-order valence-electron chi connectivity index (χ2n) is 7.08. The minimum atomic E-state index is -4.02. The molecule has 0 bridgehead atoms. The van der Waals surface area contributed by atoms with Gasteiger partial charge in [0, 0.05) is 18.2 Å². The van der Waals surface area contributed by atoms with Crippen LogP contribution in [0.5, 0.6) is 23.1 Å². The van der Waals surface area contributed by atoms with Gasteiger partial charge in [-0.2, -0.15) is 4.52 Å². The van der Waals surface area contributed by atoms with Gasteiger partial charge >= 0.3 is 0 Å². The van der Waals surface area contributed by atoms with Gasteiger partial charge in [-0.3, -0.25) is 0 Å². The van der Waals surface area contributed by atoms with Crippen LogP contribution < -0.4 is 23.7 Å². The van der Waals surface area contributed by atoms with E-state index in [-0.39, 0.29) is 29.7 Å². The van der Waals surface area contributed by atoms with Gasteiger partial charge in [0.1, 0.15) is 23.1 Å². The molecule has 0 unspecified atom stereocenters. The fraction of sp³-hybridized carbons (Fsp3) is 0.227. The summed E-state index contributed by atoms with van der Waals surface area (Å²) >= 11 is 0. The fourth-order valence-electron chi connectivity index (χ4n) is 3.27. The van der Waals surface area contributed by atoms with Gasteiger partial charge in [0.2, 0.25) is 15.9 Å². The third kappa shape index (κ3) is 5.10. The van der Waals surface area contributed by atoms with Crippen LogP contribution in [0.1, 0.15) is 0 Å². The van der Waals surface area contributed by atoms with E-state index < -0.39 is 15.8 Å². The van der Waals surface area contributed by atoms with Gasteiger partial charge < -0.3 is 18.9 Å². The lowest BCUT2D eigenvalue weighted by Crippen LogP contribution is -2.28. The maximum Gasteiger partial charge on any atom is 0.244 e. The Labute approximate surface area is 200 Å². The Morgan fingerprint density at radius 3 is 2.40 bits per heavy atom. The molecular formula is C22H22FN5O6S. The van der Waals surface area contributed by atoms with E-state index in [4.69, 9.17) is 18.9 Å². The highest BCUT2D eigenvalue weighted by atomic mass is 32.2. The number of nitrogens with zero attached hydrogens (tertiary/aromatic N) is 4. The largest absolute Gasteiger partial charge is 0.495 e. The summed E-state index contributed by atoms with van der Waals surface area (Å²) in [4.78, 5) is -0.302. The number of methoxy groups -OCH3 is 3. The van der Waals surface area contributed by atoms with Crippen molar-refractivity contribution in [1.82, 2.24) is 24.5 Å². The number of benzene rings is 2. The molecule has 0 aliphatic heterocycles. The minimum Gasteiger partial charge on any atom is -0.495 e. The normalized spacial score (nSPS) is 11.4. The van der Waals surface area contributed by atoms with Crippen LogP contribution in [0.15, 0.2) is 53.4 Å². The molecule has 0 radical (unpaired) electrons. The highest BCUT2D eigenvalue weighted by Crippen LogP contribution is 2.31. The smallest absolute Gasteiger partial charge is 0.244 e. The SMILES string of the molecule is COc1ccc(-c2nnc3ccc(OCCNS(=O)(=O)c4cc(F)ccc4OC)nn23)cc1OC. The molecule has 0 atom stereocenters. The van der Waals surface area contributed by atoms with Gasteiger partial charge in [-0.25, -0.2) is 17.5 Å². The number of hydrogen-bond acceptors (Lipinski definition) is 9. The summed E-state index contributed by atoms with van der Waals surface area (Å²) in [7, 11) is 0.360. The number of nitrogens with one attached hydrogen (secondary N) is 1. The second kappa shape index (κ2) is 10.1. The Balaban J connectivity index is 1.47. The monoisotopic (exact) mass is 503 g/mol. The predicted molar refractivity (Wildman–Crippen MR) is 123 cm³/mol. The molecule has 11 nitrogen and oxygen atoms in total. The van der Waals surface area contributed by atoms with Crippen molar-refractivity contribution in [3.63, 3.8) is 0 Å². The molecule has 2 heterocycles. The summed E-state index contributed by atoms with van der Waals surface area (Å²) < 4.78 is 63.7. The summed E-state index contributed by atoms with van der Waals surface area (Å²) in [6, 6.07) is 11.8. The van der Waals surface area contributed by atoms with Crippen LogP contribution in [0.2, 0.25) is 0 Å². The number of fused-ring (bicyclic) bond motifs is 1. The molecule has 0 saturated heterocycles. The zero-order chi connectivity index (χ0) is 25.0. The van der Waals surface area contributed by atoms with Crippen LogP contribution in [-0.4, -0.2) is 62.7 Å². The molecule has 0 saturated carbocycles. The zero-order valence-electron chi connectivity index (χ0n) is 19.1. The van der Waals surface area contributed by atoms with Crippen molar-refractivity contribution in [1.29, 1.82) is 0 Å². The van der Waals surface area contributed by atoms with Gasteiger partial charge in [-0.05, 0) is 42.5 Å². The van der Waals surface area contributed by atoms with Crippen molar-refractivity contribution in [3.8, 4) is 34.5 Å². The van der Waals surface area contributed by atoms with Crippen molar-refractivity contribution in [2.45, 2.75) is 4.90 Å². The standard InChI is InChI=1S/C22H22FN5O6S/c1-31-16-6-4-14(12-18(16)33-3)22-26-25-20-8-9-21(27-28(20)22)34-11-10-24-35(29,30)19-13-15(23)5-7-17(19)32-2/h4-9,12-13,24H,10-11H2,1-3H3. The first kappa shape index (κ1) is 24.2. The molecule has 0 aliphatic rings. The Morgan fingerprint density at radius 2 is 1.66 bits per heavy atom. The van der Waals surface area contributed by atoms with Gasteiger partial charge in [0.25, 0.3) is 0 Å². The minimum absolute atomic E-state index is 0.0298. The van der Waals surface area contributed by atoms with Gasteiger partial charge in [-0.1, -0.05) is 0 Å². The number of sulfonamides is 1. The van der Waals surface area contributed by atoms with Crippen LogP contribution in [0.3, 0.4) is 0 Å². The Hall–Kier alpha value is -3.97. The topological polar surface area (TPSA) is 126 Å². The van der Waals surface area contributed by atoms with Crippen molar-refractivity contribution < 1.29 is 31.8 Å². The molecule has 4 rings (SSSR count). The first-order chi connectivity index (χ1) is 16.9. The molecule has 184 valence electrons. The average Bonchev–Trinajstić information content (AvgIpc) is 3.29. The Bertz CT molecular complexity index is 1460. The highest BCUT2D eigenvalue weighted by molar-refractivity contribution is 7.89. The Kier molecular flexibility index (Phi) is 6.98. The molecule has 2 aromatic heterocycles. The van der Waals surface area contributed by atoms with Gasteiger partial charge in [0.15, 0.2) is 23.0 Å². The number of hydrogen-bond donors (Lipinski definition) is 1. The van der Waals surface area contributed by atoms with Crippen molar-refractivity contribution in [3.05, 3.63) is 54.3 Å². The first-order valence-corrected chi connectivity index (χ1v) is 11.8. The van der Waals surface area contributed by atoms with Crippen LogP contribution in [0.4, 0.5) is 4.39 Å². The second-order valence-corrected chi connectivity index (χ2v) is 8.81. The van der Waals surface area contributed by atoms with E-state index in [1.165, 1.54) is 24.8 Å². The van der Waals surface area contributed by atoms with E-state index in [0.717, 1.165) is 12.1 Å². The molecule has 4 aromatic rings. The summed E-state index contributed by atoms with van der Waals surface area (Å²) in [6.07, 6.45) is 0. The fourth-order valence-corrected chi connectivity index (χ4v) is 4.47. The van der Waals surface area contributed by atoms with E-state index in [9.17, 15) is 12.8 Å². The summed E-state index contributed by atoms with van der Waals surface area (Å²) in [5, 5.41) is 12.7. The molecule has 2 aromatic carbocycles. The summed E-state index contributed by atoms with van der Waals surface area (Å²) in [5.41, 5.74) is 1.18. The number of halogens is 1. The molecule has 0 spiro atoms. The maximum absolute atomic E-state index is 13.6. The molecule has 0 aliphatic carbocycles. The highest BCUT2D eigenvalue weighted by Gasteiger charge is 2.20. The molecular weight excluding hydrogens is 481 g/mol. The number of aromatic nitrogens is 4. The zero-order valence-corrected chi connectivity index (χ0v) is 19.9. The number of ether oxygens (including phenoxy) is 4. The molecule has 0 fully saturated rings. The lowest BCUT2D eigenvalue weighted by atomic mass is 10.2. The molecule has 13 heteroatoms. The van der Waals surface area contributed by atoms with E-state index >= 15 is 0 Å². The van der Waals surface area contributed by atoms with E-state index in [2.05, 4.69) is 20.0 Å². The van der Waals surface area contributed by atoms with Crippen molar-refractivity contribution in [2.24, 2.45) is 0 Å². The van der Waals surface area contributed by atoms with E-state index in [1.807, 2.05) is 0 Å². The average molecular weight is 504 g/mol. The Morgan fingerprint density at radius 1 is 0.914 bits per heavy atom. The van der Waals surface area contributed by atoms with E-state index in [0.29, 0.717) is 28.5 Å². The van der Waals surface area contributed by atoms with Crippen molar-refractivity contribution in [2.75, 3.05) is 34.5 Å². The predicted octanol–water partition coefficient (Wildman–Crippen LogP) is 2.31. The van der Waals surface area contributed by atoms with Crippen LogP contribution in [0, 0.1) is 5.82 Å². The van der Waals surface area contributed by atoms with Crippen LogP contribution in [-0.2, 0) is 10.0 Å². The van der Waals surface area contributed by atoms with Gasteiger partial charge in [-0.15, -0.1) is 15.3 Å². The van der Waals surface area contributed by atoms with Crippen molar-refractivity contribution >= 4 is 15.7 Å². The lowest BCUT2D eigenvalue weighted by Gasteiger charge is -2.11. The summed E-state index contributed by atoms with van der Waals surface area (Å²) in [6.45, 7) is -0.129. The lowest BCUT2D eigenvalue weighted by molar-refractivity contribution is 0.305. The van der Waals surface area contributed by atoms with E-state index in [1.54, 1.807) is 37.4 Å².